The molecule has 0 heterocycles. The molecule has 0 spiro atoms. The molecule has 3 heteroatoms. The van der Waals surface area contributed by atoms with Crippen LogP contribution in [0.2, 0.25) is 0 Å². The number of rotatable bonds is 5. The Morgan fingerprint density at radius 2 is 1.84 bits per heavy atom. The van der Waals surface area contributed by atoms with Crippen LogP contribution in [0, 0.1) is 11.3 Å². The number of hydrogen-bond acceptors (Lipinski definition) is 2. The van der Waals surface area contributed by atoms with E-state index in [1.54, 1.807) is 0 Å². The van der Waals surface area contributed by atoms with Gasteiger partial charge in [-0.3, -0.25) is 4.79 Å². The zero-order valence-electron chi connectivity index (χ0n) is 12.4. The first kappa shape index (κ1) is 15.7. The zero-order valence-corrected chi connectivity index (χ0v) is 12.4. The smallest absolute Gasteiger partial charge is 0.223 e. The van der Waals surface area contributed by atoms with Crippen molar-refractivity contribution in [2.75, 3.05) is 6.54 Å². The number of nitrogens with one attached hydrogen (secondary N) is 1. The van der Waals surface area contributed by atoms with Crippen molar-refractivity contribution in [3.63, 3.8) is 0 Å². The fourth-order valence-electron chi connectivity index (χ4n) is 2.11. The van der Waals surface area contributed by atoms with Gasteiger partial charge in [0.05, 0.1) is 6.04 Å². The van der Waals surface area contributed by atoms with Crippen molar-refractivity contribution in [1.82, 2.24) is 5.32 Å². The number of hydrogen-bond donors (Lipinski definition) is 2. The summed E-state index contributed by atoms with van der Waals surface area (Å²) in [5.41, 5.74) is 6.63. The molecule has 3 N–H and O–H groups in total. The molecule has 2 atom stereocenters. The van der Waals surface area contributed by atoms with Gasteiger partial charge < -0.3 is 11.1 Å². The van der Waals surface area contributed by atoms with Gasteiger partial charge in [-0.1, -0.05) is 58.0 Å². The molecule has 106 valence electrons. The van der Waals surface area contributed by atoms with Gasteiger partial charge >= 0.3 is 0 Å². The largest absolute Gasteiger partial charge is 0.349 e. The van der Waals surface area contributed by atoms with Crippen LogP contribution in [-0.2, 0) is 4.79 Å². The number of carbonyl (C=O) groups excluding carboxylic acids is 1. The molecule has 3 nitrogen and oxygen atoms in total. The highest BCUT2D eigenvalue weighted by Crippen LogP contribution is 2.32. The first-order valence-electron chi connectivity index (χ1n) is 6.91. The van der Waals surface area contributed by atoms with E-state index in [0.717, 1.165) is 12.0 Å². The van der Waals surface area contributed by atoms with Crippen molar-refractivity contribution in [3.8, 4) is 0 Å². The van der Waals surface area contributed by atoms with Gasteiger partial charge in [0.1, 0.15) is 0 Å². The molecule has 1 rings (SSSR count). The predicted octanol–water partition coefficient (Wildman–Crippen LogP) is 2.87. The van der Waals surface area contributed by atoms with Gasteiger partial charge in [-0.25, -0.2) is 0 Å². The van der Waals surface area contributed by atoms with Crippen molar-refractivity contribution in [3.05, 3.63) is 35.9 Å². The van der Waals surface area contributed by atoms with Crippen LogP contribution in [0.15, 0.2) is 30.3 Å². The summed E-state index contributed by atoms with van der Waals surface area (Å²) in [6.45, 7) is 8.88. The summed E-state index contributed by atoms with van der Waals surface area (Å²) in [7, 11) is 0. The van der Waals surface area contributed by atoms with Crippen LogP contribution in [-0.4, -0.2) is 12.5 Å². The Morgan fingerprint density at radius 3 is 2.32 bits per heavy atom. The Labute approximate surface area is 116 Å². The van der Waals surface area contributed by atoms with E-state index >= 15 is 0 Å². The minimum absolute atomic E-state index is 0.0152. The van der Waals surface area contributed by atoms with Gasteiger partial charge in [-0.2, -0.15) is 0 Å². The summed E-state index contributed by atoms with van der Waals surface area (Å²) in [5.74, 6) is 0.0350. The molecule has 1 aromatic rings. The van der Waals surface area contributed by atoms with E-state index in [2.05, 4.69) is 38.2 Å². The maximum atomic E-state index is 12.2. The van der Waals surface area contributed by atoms with Gasteiger partial charge in [-0.05, 0) is 23.9 Å². The number of nitrogens with two attached hydrogens (primary N) is 1. The standard InChI is InChI=1S/C16H26N2O/c1-12(10-11-17)15(19)18-14(16(2,3)4)13-8-6-5-7-9-13/h5-9,12,14H,10-11,17H2,1-4H3,(H,18,19). The second-order valence-electron chi connectivity index (χ2n) is 6.20. The lowest BCUT2D eigenvalue weighted by molar-refractivity contribution is -0.126. The SMILES string of the molecule is CC(CCN)C(=O)NC(c1ccccc1)C(C)(C)C. The van der Waals surface area contributed by atoms with E-state index in [1.807, 2.05) is 25.1 Å². The first-order chi connectivity index (χ1) is 8.86. The van der Waals surface area contributed by atoms with E-state index in [9.17, 15) is 4.79 Å². The Morgan fingerprint density at radius 1 is 1.26 bits per heavy atom. The van der Waals surface area contributed by atoms with Crippen molar-refractivity contribution in [1.29, 1.82) is 0 Å². The maximum absolute atomic E-state index is 12.2. The van der Waals surface area contributed by atoms with E-state index in [-0.39, 0.29) is 23.3 Å². The quantitative estimate of drug-likeness (QED) is 0.857. The highest BCUT2D eigenvalue weighted by molar-refractivity contribution is 5.78. The summed E-state index contributed by atoms with van der Waals surface area (Å²) < 4.78 is 0. The summed E-state index contributed by atoms with van der Waals surface area (Å²) >= 11 is 0. The third kappa shape index (κ3) is 4.67. The van der Waals surface area contributed by atoms with Crippen molar-refractivity contribution >= 4 is 5.91 Å². The Kier molecular flexibility index (Phi) is 5.55. The Hall–Kier alpha value is -1.35. The van der Waals surface area contributed by atoms with E-state index in [1.165, 1.54) is 0 Å². The van der Waals surface area contributed by atoms with Gasteiger partial charge in [0.2, 0.25) is 5.91 Å². The molecular weight excluding hydrogens is 236 g/mol. The van der Waals surface area contributed by atoms with Gasteiger partial charge in [0.15, 0.2) is 0 Å². The van der Waals surface area contributed by atoms with Crippen LogP contribution in [0.1, 0.15) is 45.7 Å². The molecule has 0 aliphatic carbocycles. The van der Waals surface area contributed by atoms with Crippen LogP contribution < -0.4 is 11.1 Å². The summed E-state index contributed by atoms with van der Waals surface area (Å²) in [4.78, 5) is 12.2. The van der Waals surface area contributed by atoms with E-state index < -0.39 is 0 Å². The fraction of sp³-hybridized carbons (Fsp3) is 0.562. The van der Waals surface area contributed by atoms with Crippen LogP contribution >= 0.6 is 0 Å². The second-order valence-corrected chi connectivity index (χ2v) is 6.20. The molecule has 2 unspecified atom stereocenters. The Bertz CT molecular complexity index is 395. The van der Waals surface area contributed by atoms with E-state index in [0.29, 0.717) is 6.54 Å². The van der Waals surface area contributed by atoms with E-state index in [4.69, 9.17) is 5.73 Å². The predicted molar refractivity (Wildman–Crippen MR) is 79.6 cm³/mol. The van der Waals surface area contributed by atoms with Crippen molar-refractivity contribution in [2.24, 2.45) is 17.1 Å². The maximum Gasteiger partial charge on any atom is 0.223 e. The average Bonchev–Trinajstić information content (AvgIpc) is 2.35. The van der Waals surface area contributed by atoms with Crippen molar-refractivity contribution < 1.29 is 4.79 Å². The monoisotopic (exact) mass is 262 g/mol. The molecule has 1 aromatic carbocycles. The number of amides is 1. The molecule has 0 bridgehead atoms. The molecule has 0 saturated heterocycles. The highest BCUT2D eigenvalue weighted by Gasteiger charge is 2.28. The summed E-state index contributed by atoms with van der Waals surface area (Å²) in [5, 5.41) is 3.16. The van der Waals surface area contributed by atoms with Crippen molar-refractivity contribution in [2.45, 2.75) is 40.2 Å². The molecule has 0 fully saturated rings. The van der Waals surface area contributed by atoms with Crippen LogP contribution in [0.4, 0.5) is 0 Å². The topological polar surface area (TPSA) is 55.1 Å². The minimum Gasteiger partial charge on any atom is -0.349 e. The third-order valence-electron chi connectivity index (χ3n) is 3.33. The lowest BCUT2D eigenvalue weighted by Gasteiger charge is -2.33. The highest BCUT2D eigenvalue weighted by atomic mass is 16.1. The normalized spacial score (nSPS) is 14.8. The summed E-state index contributed by atoms with van der Waals surface area (Å²) in [6, 6.07) is 10.1. The number of benzene rings is 1. The second kappa shape index (κ2) is 6.71. The zero-order chi connectivity index (χ0) is 14.5. The van der Waals surface area contributed by atoms with Crippen LogP contribution in [0.3, 0.4) is 0 Å². The molecule has 0 aliphatic rings. The minimum atomic E-state index is -0.0430. The van der Waals surface area contributed by atoms with Crippen LogP contribution in [0.5, 0.6) is 0 Å². The van der Waals surface area contributed by atoms with Gasteiger partial charge in [-0.15, -0.1) is 0 Å². The summed E-state index contributed by atoms with van der Waals surface area (Å²) in [6.07, 6.45) is 0.720. The van der Waals surface area contributed by atoms with Gasteiger partial charge in [0.25, 0.3) is 0 Å². The lowest BCUT2D eigenvalue weighted by Crippen LogP contribution is -2.39. The average molecular weight is 262 g/mol. The van der Waals surface area contributed by atoms with Gasteiger partial charge in [0, 0.05) is 5.92 Å². The lowest BCUT2D eigenvalue weighted by atomic mass is 9.82. The molecule has 0 aromatic heterocycles. The molecule has 0 saturated carbocycles. The first-order valence-corrected chi connectivity index (χ1v) is 6.91. The molecule has 0 radical (unpaired) electrons. The fourth-order valence-corrected chi connectivity index (χ4v) is 2.11. The third-order valence-corrected chi connectivity index (χ3v) is 3.33. The molecule has 19 heavy (non-hydrogen) atoms. The molecule has 1 amide bonds. The Balaban J connectivity index is 2.86. The van der Waals surface area contributed by atoms with Crippen LogP contribution in [0.25, 0.3) is 0 Å². The number of carbonyl (C=O) groups is 1. The molecular formula is C16H26N2O. The molecule has 0 aliphatic heterocycles.